The molecule has 0 aliphatic heterocycles. The van der Waals surface area contributed by atoms with Crippen LogP contribution in [0.25, 0.3) is 0 Å². The van der Waals surface area contributed by atoms with Crippen molar-refractivity contribution in [3.8, 4) is 0 Å². The lowest BCUT2D eigenvalue weighted by Crippen LogP contribution is -1.88. The van der Waals surface area contributed by atoms with Gasteiger partial charge in [0.25, 0.3) is 0 Å². The molecule has 1 nitrogen and oxygen atoms in total. The van der Waals surface area contributed by atoms with Crippen LogP contribution in [0.3, 0.4) is 0 Å². The van der Waals surface area contributed by atoms with Crippen LogP contribution in [0.1, 0.15) is 56.4 Å². The van der Waals surface area contributed by atoms with Gasteiger partial charge in [0.05, 0.1) is 0 Å². The fraction of sp³-hybridized carbons (Fsp3) is 0.889. The molecule has 0 saturated heterocycles. The zero-order chi connectivity index (χ0) is 10.3. The molecule has 0 aliphatic rings. The SMILES string of the molecule is [2H]C([2H])([2H])C(=O)CCCCCCC. The first-order chi connectivity index (χ1) is 5.98. The van der Waals surface area contributed by atoms with Gasteiger partial charge >= 0.3 is 0 Å². The molecule has 0 radical (unpaired) electrons. The Morgan fingerprint density at radius 2 is 2.00 bits per heavy atom. The summed E-state index contributed by atoms with van der Waals surface area (Å²) < 4.78 is 20.5. The molecule has 60 valence electrons. The van der Waals surface area contributed by atoms with E-state index in [1.54, 1.807) is 0 Å². The van der Waals surface area contributed by atoms with Crippen LogP contribution >= 0.6 is 0 Å². The Kier molecular flexibility index (Phi) is 3.62. The summed E-state index contributed by atoms with van der Waals surface area (Å²) >= 11 is 0. The molecule has 0 aromatic rings. The molecular weight excluding hydrogens is 124 g/mol. The van der Waals surface area contributed by atoms with E-state index in [4.69, 9.17) is 4.11 Å². The van der Waals surface area contributed by atoms with Gasteiger partial charge in [-0.3, -0.25) is 0 Å². The minimum Gasteiger partial charge on any atom is -0.300 e. The molecule has 0 aliphatic carbocycles. The van der Waals surface area contributed by atoms with Gasteiger partial charge in [-0.2, -0.15) is 0 Å². The van der Waals surface area contributed by atoms with Gasteiger partial charge in [-0.05, 0) is 13.3 Å². The molecule has 0 N–H and O–H groups in total. The van der Waals surface area contributed by atoms with Crippen molar-refractivity contribution in [3.05, 3.63) is 0 Å². The topological polar surface area (TPSA) is 17.1 Å². The molecule has 0 spiro atoms. The predicted octanol–water partition coefficient (Wildman–Crippen LogP) is 2.94. The van der Waals surface area contributed by atoms with E-state index >= 15 is 0 Å². The maximum Gasteiger partial charge on any atom is 0.129 e. The van der Waals surface area contributed by atoms with Gasteiger partial charge in [0.1, 0.15) is 5.78 Å². The third-order valence-corrected chi connectivity index (χ3v) is 1.51. The van der Waals surface area contributed by atoms with Crippen molar-refractivity contribution in [2.75, 3.05) is 0 Å². The Morgan fingerprint density at radius 1 is 1.30 bits per heavy atom. The third-order valence-electron chi connectivity index (χ3n) is 1.51. The second-order valence-corrected chi connectivity index (χ2v) is 2.59. The van der Waals surface area contributed by atoms with Crippen LogP contribution < -0.4 is 0 Å². The van der Waals surface area contributed by atoms with Gasteiger partial charge in [0.15, 0.2) is 0 Å². The Morgan fingerprint density at radius 3 is 2.60 bits per heavy atom. The summed E-state index contributed by atoms with van der Waals surface area (Å²) in [6, 6.07) is 0. The van der Waals surface area contributed by atoms with Crippen molar-refractivity contribution >= 4 is 5.78 Å². The lowest BCUT2D eigenvalue weighted by atomic mass is 10.1. The first-order valence-electron chi connectivity index (χ1n) is 5.51. The number of unbranched alkanes of at least 4 members (excludes halogenated alkanes) is 4. The second-order valence-electron chi connectivity index (χ2n) is 2.59. The Hall–Kier alpha value is -0.330. The normalized spacial score (nSPS) is 15.5. The standard InChI is InChI=1S/C9H18O/c1-3-4-5-6-7-8-9(2)10/h3-8H2,1-2H3/i2D3. The van der Waals surface area contributed by atoms with Crippen molar-refractivity contribution in [1.82, 2.24) is 0 Å². The molecule has 0 aromatic heterocycles. The van der Waals surface area contributed by atoms with E-state index in [1.165, 1.54) is 6.42 Å². The summed E-state index contributed by atoms with van der Waals surface area (Å²) in [4.78, 5) is 10.9. The van der Waals surface area contributed by atoms with Gasteiger partial charge < -0.3 is 4.79 Å². The van der Waals surface area contributed by atoms with Crippen molar-refractivity contribution in [2.45, 2.75) is 52.3 Å². The fourth-order valence-corrected chi connectivity index (χ4v) is 0.889. The van der Waals surface area contributed by atoms with Crippen molar-refractivity contribution in [1.29, 1.82) is 0 Å². The highest BCUT2D eigenvalue weighted by atomic mass is 16.1. The van der Waals surface area contributed by atoms with Gasteiger partial charge in [0.2, 0.25) is 0 Å². The molecule has 0 rings (SSSR count). The lowest BCUT2D eigenvalue weighted by Gasteiger charge is -1.95. The second kappa shape index (κ2) is 6.79. The van der Waals surface area contributed by atoms with E-state index in [-0.39, 0.29) is 6.42 Å². The third kappa shape index (κ3) is 7.67. The predicted molar refractivity (Wildman–Crippen MR) is 44.1 cm³/mol. The molecular formula is C9H18O. The molecule has 0 bridgehead atoms. The fourth-order valence-electron chi connectivity index (χ4n) is 0.889. The van der Waals surface area contributed by atoms with Gasteiger partial charge in [0, 0.05) is 10.5 Å². The van der Waals surface area contributed by atoms with Crippen LogP contribution in [0.2, 0.25) is 0 Å². The highest BCUT2D eigenvalue weighted by molar-refractivity contribution is 5.75. The molecule has 1 heteroatoms. The van der Waals surface area contributed by atoms with Crippen LogP contribution in [0, 0.1) is 0 Å². The molecule has 0 amide bonds. The quantitative estimate of drug-likeness (QED) is 0.525. The maximum absolute atomic E-state index is 10.9. The molecule has 0 heterocycles. The lowest BCUT2D eigenvalue weighted by molar-refractivity contribution is -0.117. The van der Waals surface area contributed by atoms with E-state index in [1.807, 2.05) is 0 Å². The highest BCUT2D eigenvalue weighted by Crippen LogP contribution is 2.04. The Labute approximate surface area is 68.0 Å². The number of ketones is 1. The van der Waals surface area contributed by atoms with Crippen LogP contribution in [0.5, 0.6) is 0 Å². The van der Waals surface area contributed by atoms with Gasteiger partial charge in [-0.15, -0.1) is 0 Å². The van der Waals surface area contributed by atoms with E-state index in [2.05, 4.69) is 6.92 Å². The van der Waals surface area contributed by atoms with Crippen molar-refractivity contribution < 1.29 is 8.91 Å². The summed E-state index contributed by atoms with van der Waals surface area (Å²) in [7, 11) is 0. The van der Waals surface area contributed by atoms with E-state index in [9.17, 15) is 4.79 Å². The van der Waals surface area contributed by atoms with E-state index in [0.29, 0.717) is 0 Å². The van der Waals surface area contributed by atoms with E-state index in [0.717, 1.165) is 25.7 Å². The summed E-state index contributed by atoms with van der Waals surface area (Å²) in [6.07, 6.45) is 5.33. The molecule has 0 aromatic carbocycles. The van der Waals surface area contributed by atoms with E-state index < -0.39 is 12.6 Å². The Balaban J connectivity index is 3.38. The number of carbonyl (C=O) groups is 1. The maximum atomic E-state index is 10.9. The average molecular weight is 145 g/mol. The molecule has 0 unspecified atom stereocenters. The van der Waals surface area contributed by atoms with Crippen LogP contribution in [0.4, 0.5) is 0 Å². The largest absolute Gasteiger partial charge is 0.300 e. The van der Waals surface area contributed by atoms with Gasteiger partial charge in [-0.1, -0.05) is 32.6 Å². The summed E-state index contributed by atoms with van der Waals surface area (Å²) in [5, 5.41) is 0. The summed E-state index contributed by atoms with van der Waals surface area (Å²) in [5.74, 6) is -0.594. The molecule has 0 fully saturated rings. The van der Waals surface area contributed by atoms with Crippen molar-refractivity contribution in [3.63, 3.8) is 0 Å². The van der Waals surface area contributed by atoms with Crippen molar-refractivity contribution in [2.24, 2.45) is 0 Å². The number of carbonyl (C=O) groups excluding carboxylic acids is 1. The summed E-state index contributed by atoms with van der Waals surface area (Å²) in [5.41, 5.74) is 0. The monoisotopic (exact) mass is 145 g/mol. The minimum absolute atomic E-state index is 0.209. The molecule has 10 heavy (non-hydrogen) atoms. The summed E-state index contributed by atoms with van der Waals surface area (Å²) in [6.45, 7) is -0.266. The highest BCUT2D eigenvalue weighted by Gasteiger charge is 1.92. The van der Waals surface area contributed by atoms with Crippen LogP contribution in [-0.2, 0) is 4.79 Å². The molecule has 0 atom stereocenters. The number of hydrogen-bond acceptors (Lipinski definition) is 1. The number of rotatable bonds is 6. The molecule has 0 saturated carbocycles. The smallest absolute Gasteiger partial charge is 0.129 e. The number of hydrogen-bond donors (Lipinski definition) is 0. The average Bonchev–Trinajstić information content (AvgIpc) is 2.02. The minimum atomic E-state index is -2.38. The first kappa shape index (κ1) is 5.34. The Bertz CT molecular complexity index is 151. The zero-order valence-electron chi connectivity index (χ0n) is 9.65. The first-order valence-corrected chi connectivity index (χ1v) is 4.01. The number of Topliss-reactive ketones (excluding diaryl/α,β-unsaturated/α-hetero) is 1. The van der Waals surface area contributed by atoms with Crippen LogP contribution in [-0.4, -0.2) is 5.78 Å². The van der Waals surface area contributed by atoms with Crippen LogP contribution in [0.15, 0.2) is 0 Å². The van der Waals surface area contributed by atoms with Gasteiger partial charge in [-0.25, -0.2) is 0 Å². The zero-order valence-corrected chi connectivity index (χ0v) is 6.65.